The largest absolute Gasteiger partial charge is 0.493 e. The maximum absolute atomic E-state index is 11.8. The second kappa shape index (κ2) is 11.8. The van der Waals surface area contributed by atoms with Crippen molar-refractivity contribution in [2.45, 2.75) is 39.2 Å². The number of aryl methyl sites for hydroxylation is 1. The molecule has 0 aromatic heterocycles. The zero-order valence-corrected chi connectivity index (χ0v) is 17.9. The molecule has 7 nitrogen and oxygen atoms in total. The molecular weight excluding hydrogens is 382 g/mol. The number of carbonyl (C=O) groups is 1. The van der Waals surface area contributed by atoms with Gasteiger partial charge in [0.05, 0.1) is 12.7 Å². The third kappa shape index (κ3) is 7.75. The Hall–Kier alpha value is -3.06. The molecule has 1 amide bonds. The summed E-state index contributed by atoms with van der Waals surface area (Å²) in [5.74, 6) is 0.987. The van der Waals surface area contributed by atoms with Crippen LogP contribution in [0.2, 0.25) is 0 Å². The lowest BCUT2D eigenvalue weighted by atomic mass is 10.0. The van der Waals surface area contributed by atoms with Crippen LogP contribution in [0.4, 0.5) is 0 Å². The van der Waals surface area contributed by atoms with Crippen molar-refractivity contribution in [2.75, 3.05) is 20.3 Å². The zero-order valence-electron chi connectivity index (χ0n) is 17.9. The second-order valence-corrected chi connectivity index (χ2v) is 7.15. The Morgan fingerprint density at radius 3 is 2.60 bits per heavy atom. The molecule has 0 aliphatic carbocycles. The fourth-order valence-corrected chi connectivity index (χ4v) is 2.93. The summed E-state index contributed by atoms with van der Waals surface area (Å²) in [5, 5.41) is 0. The van der Waals surface area contributed by atoms with Gasteiger partial charge in [-0.05, 0) is 49.6 Å². The van der Waals surface area contributed by atoms with Crippen LogP contribution >= 0.6 is 0 Å². The van der Waals surface area contributed by atoms with Gasteiger partial charge in [-0.2, -0.15) is 4.99 Å². The van der Waals surface area contributed by atoms with E-state index in [4.69, 9.17) is 25.7 Å². The van der Waals surface area contributed by atoms with Gasteiger partial charge in [-0.3, -0.25) is 4.79 Å². The Kier molecular flexibility index (Phi) is 9.15. The number of hydrogen-bond acceptors (Lipinski definition) is 4. The summed E-state index contributed by atoms with van der Waals surface area (Å²) in [4.78, 5) is 15.3. The molecule has 2 aromatic carbocycles. The lowest BCUT2D eigenvalue weighted by Crippen LogP contribution is -2.24. The first-order chi connectivity index (χ1) is 14.4. The molecule has 0 saturated heterocycles. The summed E-state index contributed by atoms with van der Waals surface area (Å²) in [6.45, 7) is 5.14. The van der Waals surface area contributed by atoms with Crippen LogP contribution < -0.4 is 20.9 Å². The fraction of sp³-hybridized carbons (Fsp3) is 0.391. The molecule has 4 N–H and O–H groups in total. The van der Waals surface area contributed by atoms with Crippen molar-refractivity contribution in [3.8, 4) is 22.6 Å². The van der Waals surface area contributed by atoms with Crippen molar-refractivity contribution in [2.24, 2.45) is 16.5 Å². The van der Waals surface area contributed by atoms with Crippen LogP contribution in [-0.2, 0) is 16.0 Å². The van der Waals surface area contributed by atoms with Gasteiger partial charge in [0.2, 0.25) is 5.91 Å². The first kappa shape index (κ1) is 23.2. The van der Waals surface area contributed by atoms with Gasteiger partial charge < -0.3 is 25.7 Å². The van der Waals surface area contributed by atoms with E-state index in [0.29, 0.717) is 19.6 Å². The summed E-state index contributed by atoms with van der Waals surface area (Å²) in [6, 6.07) is 13.9. The Bertz CT molecular complexity index is 861. The highest BCUT2D eigenvalue weighted by Crippen LogP contribution is 2.33. The summed E-state index contributed by atoms with van der Waals surface area (Å²) in [7, 11) is 1.67. The van der Waals surface area contributed by atoms with E-state index in [9.17, 15) is 4.79 Å². The van der Waals surface area contributed by atoms with Gasteiger partial charge in [-0.15, -0.1) is 0 Å². The van der Waals surface area contributed by atoms with E-state index < -0.39 is 0 Å². The minimum atomic E-state index is -0.347. The van der Waals surface area contributed by atoms with Gasteiger partial charge in [0.15, 0.2) is 5.96 Å². The number of nitrogens with two attached hydrogens (primary N) is 2. The van der Waals surface area contributed by atoms with Crippen LogP contribution in [0.3, 0.4) is 0 Å². The Morgan fingerprint density at radius 2 is 1.90 bits per heavy atom. The predicted octanol–water partition coefficient (Wildman–Crippen LogP) is 3.29. The first-order valence-corrected chi connectivity index (χ1v) is 10.0. The SMILES string of the molecule is COCCCOc1cc(CCC(=O)N=C(N)N)ccc1-c1cccc(OC(C)C)c1. The van der Waals surface area contributed by atoms with Crippen molar-refractivity contribution in [1.29, 1.82) is 0 Å². The predicted molar refractivity (Wildman–Crippen MR) is 119 cm³/mol. The molecule has 0 bridgehead atoms. The van der Waals surface area contributed by atoms with Crippen LogP contribution in [0, 0.1) is 0 Å². The average molecular weight is 414 g/mol. The van der Waals surface area contributed by atoms with E-state index in [1.165, 1.54) is 0 Å². The molecule has 0 radical (unpaired) electrons. The average Bonchev–Trinajstić information content (AvgIpc) is 2.69. The summed E-state index contributed by atoms with van der Waals surface area (Å²) in [6.07, 6.45) is 1.61. The summed E-state index contributed by atoms with van der Waals surface area (Å²) in [5.41, 5.74) is 13.4. The Morgan fingerprint density at radius 1 is 1.10 bits per heavy atom. The number of rotatable bonds is 11. The van der Waals surface area contributed by atoms with Crippen LogP contribution in [0.5, 0.6) is 11.5 Å². The Balaban J connectivity index is 2.25. The molecule has 2 aromatic rings. The van der Waals surface area contributed by atoms with Crippen LogP contribution in [0.25, 0.3) is 11.1 Å². The smallest absolute Gasteiger partial charge is 0.249 e. The van der Waals surface area contributed by atoms with E-state index in [-0.39, 0.29) is 24.4 Å². The minimum Gasteiger partial charge on any atom is -0.493 e. The van der Waals surface area contributed by atoms with Gasteiger partial charge >= 0.3 is 0 Å². The molecule has 0 spiro atoms. The highest BCUT2D eigenvalue weighted by atomic mass is 16.5. The van der Waals surface area contributed by atoms with Crippen molar-refractivity contribution in [3.63, 3.8) is 0 Å². The summed E-state index contributed by atoms with van der Waals surface area (Å²) >= 11 is 0. The molecule has 162 valence electrons. The molecule has 7 heteroatoms. The topological polar surface area (TPSA) is 109 Å². The van der Waals surface area contributed by atoms with Crippen LogP contribution in [-0.4, -0.2) is 38.3 Å². The van der Waals surface area contributed by atoms with Crippen molar-refractivity contribution in [3.05, 3.63) is 48.0 Å². The maximum atomic E-state index is 11.8. The number of benzene rings is 2. The third-order valence-corrected chi connectivity index (χ3v) is 4.19. The van der Waals surface area contributed by atoms with Gasteiger partial charge in [-0.25, -0.2) is 0 Å². The molecule has 30 heavy (non-hydrogen) atoms. The van der Waals surface area contributed by atoms with Gasteiger partial charge in [-0.1, -0.05) is 24.3 Å². The number of aliphatic imine (C=N–C) groups is 1. The zero-order chi connectivity index (χ0) is 21.9. The van der Waals surface area contributed by atoms with Crippen molar-refractivity contribution < 1.29 is 19.0 Å². The lowest BCUT2D eigenvalue weighted by Gasteiger charge is -2.15. The third-order valence-electron chi connectivity index (χ3n) is 4.19. The van der Waals surface area contributed by atoms with Crippen LogP contribution in [0.15, 0.2) is 47.5 Å². The normalized spacial score (nSPS) is 10.7. The highest BCUT2D eigenvalue weighted by molar-refractivity contribution is 5.91. The van der Waals surface area contributed by atoms with E-state index in [1.807, 2.05) is 56.3 Å². The molecular formula is C23H31N3O4. The van der Waals surface area contributed by atoms with E-state index >= 15 is 0 Å². The lowest BCUT2D eigenvalue weighted by molar-refractivity contribution is -0.117. The highest BCUT2D eigenvalue weighted by Gasteiger charge is 2.11. The number of ether oxygens (including phenoxy) is 3. The number of guanidine groups is 1. The quantitative estimate of drug-likeness (QED) is 0.332. The van der Waals surface area contributed by atoms with Crippen LogP contribution in [0.1, 0.15) is 32.3 Å². The molecule has 0 aliphatic heterocycles. The number of carbonyl (C=O) groups excluding carboxylic acids is 1. The monoisotopic (exact) mass is 413 g/mol. The van der Waals surface area contributed by atoms with Crippen molar-refractivity contribution in [1.82, 2.24) is 0 Å². The van der Waals surface area contributed by atoms with Gasteiger partial charge in [0.1, 0.15) is 11.5 Å². The minimum absolute atomic E-state index is 0.0927. The molecule has 0 heterocycles. The maximum Gasteiger partial charge on any atom is 0.249 e. The number of nitrogens with zero attached hydrogens (tertiary/aromatic N) is 1. The molecule has 0 unspecified atom stereocenters. The number of hydrogen-bond donors (Lipinski definition) is 2. The van der Waals surface area contributed by atoms with Crippen molar-refractivity contribution >= 4 is 11.9 Å². The molecule has 0 aliphatic rings. The first-order valence-electron chi connectivity index (χ1n) is 10.0. The van der Waals surface area contributed by atoms with Gasteiger partial charge in [0.25, 0.3) is 0 Å². The Labute approximate surface area is 178 Å². The van der Waals surface area contributed by atoms with E-state index in [1.54, 1.807) is 7.11 Å². The summed E-state index contributed by atoms with van der Waals surface area (Å²) < 4.78 is 17.0. The van der Waals surface area contributed by atoms with Gasteiger partial charge in [0, 0.05) is 32.1 Å². The number of methoxy groups -OCH3 is 1. The number of amides is 1. The molecule has 0 saturated carbocycles. The van der Waals surface area contributed by atoms with E-state index in [2.05, 4.69) is 4.99 Å². The fourth-order valence-electron chi connectivity index (χ4n) is 2.93. The molecule has 0 atom stereocenters. The standard InChI is InChI=1S/C23H31N3O4/c1-16(2)30-19-7-4-6-18(15-19)20-10-8-17(9-11-22(27)26-23(24)25)14-21(20)29-13-5-12-28-3/h4,6-8,10,14-16H,5,9,11-13H2,1-3H3,(H4,24,25,26,27). The second-order valence-electron chi connectivity index (χ2n) is 7.15. The van der Waals surface area contributed by atoms with E-state index in [0.717, 1.165) is 34.6 Å². The molecule has 2 rings (SSSR count). The molecule has 0 fully saturated rings.